The van der Waals surface area contributed by atoms with Crippen molar-refractivity contribution in [1.29, 1.82) is 0 Å². The molecule has 90 valence electrons. The second-order valence-electron chi connectivity index (χ2n) is 4.07. The summed E-state index contributed by atoms with van der Waals surface area (Å²) in [5.41, 5.74) is 0.961. The Morgan fingerprint density at radius 1 is 1.06 bits per heavy atom. The molecule has 2 aromatic rings. The van der Waals surface area contributed by atoms with Crippen LogP contribution >= 0.6 is 0 Å². The topological polar surface area (TPSA) is 12.0 Å². The zero-order chi connectivity index (χ0) is 12.3. The van der Waals surface area contributed by atoms with Crippen LogP contribution in [0.5, 0.6) is 0 Å². The summed E-state index contributed by atoms with van der Waals surface area (Å²) in [5, 5.41) is 4.81. The summed E-state index contributed by atoms with van der Waals surface area (Å²) in [6, 6.07) is 12.9. The van der Waals surface area contributed by atoms with Crippen LogP contribution in [-0.4, -0.2) is 19.5 Å². The zero-order valence-electron chi connectivity index (χ0n) is 9.66. The molecular formula is C14H15F2N. The molecule has 2 rings (SSSR count). The summed E-state index contributed by atoms with van der Waals surface area (Å²) in [6.45, 7) is 0. The largest absolute Gasteiger partial charge is 0.312 e. The first-order chi connectivity index (χ1) is 8.22. The fourth-order valence-corrected chi connectivity index (χ4v) is 2.02. The number of fused-ring (bicyclic) bond motifs is 1. The molecule has 0 aliphatic rings. The number of hydrogen-bond acceptors (Lipinski definition) is 1. The second-order valence-corrected chi connectivity index (χ2v) is 4.07. The van der Waals surface area contributed by atoms with Crippen LogP contribution in [0.3, 0.4) is 0 Å². The molecule has 0 bridgehead atoms. The van der Waals surface area contributed by atoms with E-state index >= 15 is 0 Å². The maximum absolute atomic E-state index is 12.7. The van der Waals surface area contributed by atoms with Crippen molar-refractivity contribution in [3.05, 3.63) is 48.0 Å². The molecule has 0 amide bonds. The van der Waals surface area contributed by atoms with E-state index in [2.05, 4.69) is 5.32 Å². The van der Waals surface area contributed by atoms with Crippen LogP contribution in [0, 0.1) is 0 Å². The molecule has 0 saturated carbocycles. The van der Waals surface area contributed by atoms with Gasteiger partial charge in [-0.05, 0) is 29.8 Å². The lowest BCUT2D eigenvalue weighted by molar-refractivity contribution is 0.102. The van der Waals surface area contributed by atoms with Gasteiger partial charge in [-0.1, -0.05) is 42.5 Å². The van der Waals surface area contributed by atoms with Gasteiger partial charge in [0.05, 0.1) is 6.04 Å². The molecule has 0 aromatic heterocycles. The van der Waals surface area contributed by atoms with Gasteiger partial charge in [-0.25, -0.2) is 8.78 Å². The third kappa shape index (κ3) is 2.61. The van der Waals surface area contributed by atoms with Gasteiger partial charge in [0.2, 0.25) is 0 Å². The standard InChI is InChI=1S/C14H15F2N/c1-17-13(14(15)16)9-11-7-4-6-10-5-2-3-8-12(10)11/h2-8,13-14,17H,9H2,1H3. The predicted octanol–water partition coefficient (Wildman–Crippen LogP) is 3.24. The molecule has 0 heterocycles. The third-order valence-corrected chi connectivity index (χ3v) is 2.99. The van der Waals surface area contributed by atoms with Gasteiger partial charge >= 0.3 is 0 Å². The van der Waals surface area contributed by atoms with Gasteiger partial charge < -0.3 is 5.32 Å². The van der Waals surface area contributed by atoms with Crippen LogP contribution in [0.2, 0.25) is 0 Å². The van der Waals surface area contributed by atoms with E-state index in [0.717, 1.165) is 16.3 Å². The van der Waals surface area contributed by atoms with Crippen molar-refractivity contribution in [3.8, 4) is 0 Å². The predicted molar refractivity (Wildman–Crippen MR) is 66.5 cm³/mol. The summed E-state index contributed by atoms with van der Waals surface area (Å²) < 4.78 is 25.4. The van der Waals surface area contributed by atoms with Crippen LogP contribution in [-0.2, 0) is 6.42 Å². The lowest BCUT2D eigenvalue weighted by Gasteiger charge is -2.16. The van der Waals surface area contributed by atoms with Crippen molar-refractivity contribution < 1.29 is 8.78 Å². The minimum atomic E-state index is -2.35. The van der Waals surface area contributed by atoms with Gasteiger partial charge in [0.25, 0.3) is 6.43 Å². The van der Waals surface area contributed by atoms with E-state index in [1.807, 2.05) is 42.5 Å². The van der Waals surface area contributed by atoms with Gasteiger partial charge in [0.15, 0.2) is 0 Å². The molecule has 3 heteroatoms. The Bertz CT molecular complexity index is 491. The average molecular weight is 235 g/mol. The number of nitrogens with one attached hydrogen (secondary N) is 1. The Balaban J connectivity index is 2.35. The highest BCUT2D eigenvalue weighted by Crippen LogP contribution is 2.20. The minimum Gasteiger partial charge on any atom is -0.312 e. The molecule has 1 unspecified atom stereocenters. The van der Waals surface area contributed by atoms with E-state index in [4.69, 9.17) is 0 Å². The van der Waals surface area contributed by atoms with Gasteiger partial charge in [0, 0.05) is 0 Å². The van der Waals surface area contributed by atoms with E-state index in [9.17, 15) is 8.78 Å². The number of hydrogen-bond donors (Lipinski definition) is 1. The Labute approximate surface area is 99.5 Å². The Morgan fingerprint density at radius 3 is 2.47 bits per heavy atom. The van der Waals surface area contributed by atoms with Crippen molar-refractivity contribution in [3.63, 3.8) is 0 Å². The van der Waals surface area contributed by atoms with Gasteiger partial charge in [-0.15, -0.1) is 0 Å². The molecule has 0 saturated heterocycles. The van der Waals surface area contributed by atoms with Gasteiger partial charge in [-0.2, -0.15) is 0 Å². The molecule has 0 aliphatic heterocycles. The first-order valence-electron chi connectivity index (χ1n) is 5.64. The highest BCUT2D eigenvalue weighted by atomic mass is 19.3. The molecule has 0 fully saturated rings. The molecule has 2 aromatic carbocycles. The number of benzene rings is 2. The molecule has 17 heavy (non-hydrogen) atoms. The lowest BCUT2D eigenvalue weighted by Crippen LogP contribution is -2.34. The first-order valence-corrected chi connectivity index (χ1v) is 5.64. The Morgan fingerprint density at radius 2 is 1.76 bits per heavy atom. The van der Waals surface area contributed by atoms with Crippen LogP contribution in [0.25, 0.3) is 10.8 Å². The summed E-state index contributed by atoms with van der Waals surface area (Å²) in [6.07, 6.45) is -2.01. The molecule has 1 N–H and O–H groups in total. The van der Waals surface area contributed by atoms with E-state index in [0.29, 0.717) is 6.42 Å². The lowest BCUT2D eigenvalue weighted by atomic mass is 9.99. The molecule has 0 spiro atoms. The number of likely N-dealkylation sites (N-methyl/N-ethyl adjacent to an activating group) is 1. The summed E-state index contributed by atoms with van der Waals surface area (Å²) in [4.78, 5) is 0. The van der Waals surface area contributed by atoms with E-state index in [-0.39, 0.29) is 0 Å². The first kappa shape index (κ1) is 12.0. The fraction of sp³-hybridized carbons (Fsp3) is 0.286. The van der Waals surface area contributed by atoms with Gasteiger partial charge in [-0.3, -0.25) is 0 Å². The number of rotatable bonds is 4. The Kier molecular flexibility index (Phi) is 3.69. The number of alkyl halides is 2. The van der Waals surface area contributed by atoms with E-state index in [1.165, 1.54) is 0 Å². The fourth-order valence-electron chi connectivity index (χ4n) is 2.02. The van der Waals surface area contributed by atoms with Crippen LogP contribution in [0.4, 0.5) is 8.78 Å². The molecule has 0 radical (unpaired) electrons. The normalized spacial score (nSPS) is 13.2. The molecule has 0 aliphatic carbocycles. The summed E-state index contributed by atoms with van der Waals surface area (Å²) >= 11 is 0. The van der Waals surface area contributed by atoms with Crippen molar-refractivity contribution in [2.75, 3.05) is 7.05 Å². The average Bonchev–Trinajstić information content (AvgIpc) is 2.35. The van der Waals surface area contributed by atoms with Crippen molar-refractivity contribution in [1.82, 2.24) is 5.32 Å². The maximum atomic E-state index is 12.7. The van der Waals surface area contributed by atoms with Crippen molar-refractivity contribution >= 4 is 10.8 Å². The molecule has 1 atom stereocenters. The minimum absolute atomic E-state index is 0.343. The quantitative estimate of drug-likeness (QED) is 0.857. The smallest absolute Gasteiger partial charge is 0.254 e. The maximum Gasteiger partial charge on any atom is 0.254 e. The molecular weight excluding hydrogens is 220 g/mol. The molecule has 1 nitrogen and oxygen atoms in total. The Hall–Kier alpha value is -1.48. The summed E-state index contributed by atoms with van der Waals surface area (Å²) in [5.74, 6) is 0. The highest BCUT2D eigenvalue weighted by Gasteiger charge is 2.19. The monoisotopic (exact) mass is 235 g/mol. The van der Waals surface area contributed by atoms with Crippen LogP contribution in [0.15, 0.2) is 42.5 Å². The SMILES string of the molecule is CNC(Cc1cccc2ccccc12)C(F)F. The number of halogens is 2. The summed E-state index contributed by atoms with van der Waals surface area (Å²) in [7, 11) is 1.57. The van der Waals surface area contributed by atoms with Crippen molar-refractivity contribution in [2.45, 2.75) is 18.9 Å². The second kappa shape index (κ2) is 5.23. The van der Waals surface area contributed by atoms with Crippen LogP contribution < -0.4 is 5.32 Å². The van der Waals surface area contributed by atoms with Crippen LogP contribution in [0.1, 0.15) is 5.56 Å². The highest BCUT2D eigenvalue weighted by molar-refractivity contribution is 5.85. The van der Waals surface area contributed by atoms with E-state index < -0.39 is 12.5 Å². The van der Waals surface area contributed by atoms with E-state index in [1.54, 1.807) is 7.05 Å². The van der Waals surface area contributed by atoms with Crippen molar-refractivity contribution in [2.24, 2.45) is 0 Å². The zero-order valence-corrected chi connectivity index (χ0v) is 9.66. The van der Waals surface area contributed by atoms with Gasteiger partial charge in [0.1, 0.15) is 0 Å². The third-order valence-electron chi connectivity index (χ3n) is 2.99.